The van der Waals surface area contributed by atoms with Gasteiger partial charge in [-0.2, -0.15) is 13.2 Å². The molecule has 4 atom stereocenters. The van der Waals surface area contributed by atoms with Gasteiger partial charge in [0.05, 0.1) is 17.6 Å². The van der Waals surface area contributed by atoms with Gasteiger partial charge in [0.15, 0.2) is 0 Å². The Kier molecular flexibility index (Phi) is 5.43. The van der Waals surface area contributed by atoms with Crippen LogP contribution in [0.3, 0.4) is 0 Å². The molecule has 0 N–H and O–H groups in total. The van der Waals surface area contributed by atoms with Crippen molar-refractivity contribution in [1.82, 2.24) is 9.80 Å². The number of rotatable bonds is 2. The zero-order valence-electron chi connectivity index (χ0n) is 16.4. The highest BCUT2D eigenvalue weighted by molar-refractivity contribution is 5.74. The molecule has 3 fully saturated rings. The number of hydrogen-bond donors (Lipinski definition) is 0. The molecule has 3 nitrogen and oxygen atoms in total. The van der Waals surface area contributed by atoms with Crippen molar-refractivity contribution in [2.24, 2.45) is 5.92 Å². The van der Waals surface area contributed by atoms with E-state index in [4.69, 9.17) is 0 Å². The van der Waals surface area contributed by atoms with Crippen molar-refractivity contribution in [2.75, 3.05) is 13.1 Å². The molecule has 2 saturated heterocycles. The van der Waals surface area contributed by atoms with Crippen LogP contribution in [0.25, 0.3) is 0 Å². The standard InChI is InChI=1S/C22H29F3N2O/c1-15(28)27-19(16-7-10-18(11-8-16)22(23,24)25)12-9-17-5-4-6-20(21(17)27)26-13-2-3-14-26/h7-8,10-11,17,19-21H,2-6,9,12-14H2,1H3. The Morgan fingerprint density at radius 1 is 0.964 bits per heavy atom. The molecule has 4 unspecified atom stereocenters. The highest BCUT2D eigenvalue weighted by atomic mass is 19.4. The summed E-state index contributed by atoms with van der Waals surface area (Å²) >= 11 is 0. The average Bonchev–Trinajstić information content (AvgIpc) is 3.20. The summed E-state index contributed by atoms with van der Waals surface area (Å²) in [6, 6.07) is 5.89. The first-order valence-corrected chi connectivity index (χ1v) is 10.6. The van der Waals surface area contributed by atoms with Crippen molar-refractivity contribution in [2.45, 2.75) is 76.2 Å². The van der Waals surface area contributed by atoms with Crippen LogP contribution in [0.5, 0.6) is 0 Å². The maximum Gasteiger partial charge on any atom is 0.416 e. The van der Waals surface area contributed by atoms with E-state index in [9.17, 15) is 18.0 Å². The molecule has 0 aromatic heterocycles. The molecule has 1 aromatic rings. The van der Waals surface area contributed by atoms with Gasteiger partial charge in [0.1, 0.15) is 0 Å². The van der Waals surface area contributed by atoms with Crippen LogP contribution in [0.4, 0.5) is 13.2 Å². The van der Waals surface area contributed by atoms with Crippen molar-refractivity contribution in [1.29, 1.82) is 0 Å². The summed E-state index contributed by atoms with van der Waals surface area (Å²) < 4.78 is 38.8. The second-order valence-electron chi connectivity index (χ2n) is 8.63. The number of benzene rings is 1. The van der Waals surface area contributed by atoms with E-state index in [1.165, 1.54) is 19.3 Å². The SMILES string of the molecule is CC(=O)N1C(c2ccc(C(F)(F)F)cc2)CCC2CCCC(N3CCCC3)C21. The zero-order chi connectivity index (χ0) is 19.9. The molecule has 2 aliphatic heterocycles. The molecular formula is C22H29F3N2O. The lowest BCUT2D eigenvalue weighted by Crippen LogP contribution is -2.60. The Balaban J connectivity index is 1.64. The van der Waals surface area contributed by atoms with Crippen LogP contribution in [0.15, 0.2) is 24.3 Å². The molecule has 1 saturated carbocycles. The van der Waals surface area contributed by atoms with Crippen molar-refractivity contribution in [3.05, 3.63) is 35.4 Å². The maximum absolute atomic E-state index is 12.9. The number of hydrogen-bond acceptors (Lipinski definition) is 2. The van der Waals surface area contributed by atoms with Gasteiger partial charge in [-0.15, -0.1) is 0 Å². The van der Waals surface area contributed by atoms with Gasteiger partial charge in [-0.1, -0.05) is 18.6 Å². The van der Waals surface area contributed by atoms with E-state index < -0.39 is 11.7 Å². The van der Waals surface area contributed by atoms with Gasteiger partial charge >= 0.3 is 6.18 Å². The number of piperidine rings is 1. The summed E-state index contributed by atoms with van der Waals surface area (Å²) in [7, 11) is 0. The van der Waals surface area contributed by atoms with Crippen molar-refractivity contribution in [3.8, 4) is 0 Å². The first-order chi connectivity index (χ1) is 13.4. The lowest BCUT2D eigenvalue weighted by molar-refractivity contribution is -0.143. The lowest BCUT2D eigenvalue weighted by Gasteiger charge is -2.53. The van der Waals surface area contributed by atoms with Crippen LogP contribution in [-0.4, -0.2) is 40.9 Å². The van der Waals surface area contributed by atoms with Crippen LogP contribution in [0.1, 0.15) is 69.0 Å². The molecule has 1 aliphatic carbocycles. The first kappa shape index (κ1) is 19.7. The normalized spacial score (nSPS) is 31.6. The molecule has 3 aliphatic rings. The smallest absolute Gasteiger partial charge is 0.331 e. The summed E-state index contributed by atoms with van der Waals surface area (Å²) in [6.45, 7) is 3.82. The van der Waals surface area contributed by atoms with Gasteiger partial charge in [0.2, 0.25) is 5.91 Å². The minimum Gasteiger partial charge on any atom is -0.331 e. The lowest BCUT2D eigenvalue weighted by atomic mass is 9.72. The molecule has 0 bridgehead atoms. The Labute approximate surface area is 164 Å². The molecule has 6 heteroatoms. The van der Waals surface area contributed by atoms with Gasteiger partial charge in [0, 0.05) is 13.0 Å². The second-order valence-corrected chi connectivity index (χ2v) is 8.63. The fraction of sp³-hybridized carbons (Fsp3) is 0.682. The van der Waals surface area contributed by atoms with E-state index in [0.29, 0.717) is 12.0 Å². The van der Waals surface area contributed by atoms with Crippen molar-refractivity contribution in [3.63, 3.8) is 0 Å². The molecule has 0 radical (unpaired) electrons. The topological polar surface area (TPSA) is 23.6 Å². The number of fused-ring (bicyclic) bond motifs is 1. The predicted molar refractivity (Wildman–Crippen MR) is 102 cm³/mol. The molecular weight excluding hydrogens is 365 g/mol. The first-order valence-electron chi connectivity index (χ1n) is 10.6. The van der Waals surface area contributed by atoms with E-state index in [0.717, 1.165) is 56.5 Å². The van der Waals surface area contributed by atoms with Crippen LogP contribution in [0.2, 0.25) is 0 Å². The minimum atomic E-state index is -4.33. The van der Waals surface area contributed by atoms with Crippen molar-refractivity contribution >= 4 is 5.91 Å². The Morgan fingerprint density at radius 3 is 2.25 bits per heavy atom. The number of alkyl halides is 3. The molecule has 1 aromatic carbocycles. The fourth-order valence-corrected chi connectivity index (χ4v) is 5.81. The third kappa shape index (κ3) is 3.68. The number of halogens is 3. The van der Waals surface area contributed by atoms with Crippen LogP contribution in [0, 0.1) is 5.92 Å². The summed E-state index contributed by atoms with van der Waals surface area (Å²) in [6.07, 6.45) is 3.46. The number of carbonyl (C=O) groups is 1. The van der Waals surface area contributed by atoms with Crippen LogP contribution in [-0.2, 0) is 11.0 Å². The Bertz CT molecular complexity index is 697. The molecule has 28 heavy (non-hydrogen) atoms. The van der Waals surface area contributed by atoms with Crippen LogP contribution < -0.4 is 0 Å². The molecule has 2 heterocycles. The van der Waals surface area contributed by atoms with E-state index >= 15 is 0 Å². The summed E-state index contributed by atoms with van der Waals surface area (Å²) in [5.74, 6) is 0.555. The minimum absolute atomic E-state index is 0.0469. The van der Waals surface area contributed by atoms with Gasteiger partial charge < -0.3 is 4.90 Å². The van der Waals surface area contributed by atoms with E-state index in [1.54, 1.807) is 19.1 Å². The number of amides is 1. The highest BCUT2D eigenvalue weighted by Crippen LogP contribution is 2.45. The number of nitrogens with zero attached hydrogens (tertiary/aromatic N) is 2. The van der Waals surface area contributed by atoms with Crippen LogP contribution >= 0.6 is 0 Å². The average molecular weight is 394 g/mol. The third-order valence-corrected chi connectivity index (χ3v) is 7.02. The summed E-state index contributed by atoms with van der Waals surface area (Å²) in [5, 5.41) is 0. The number of carbonyl (C=O) groups excluding carboxylic acids is 1. The van der Waals surface area contributed by atoms with Gasteiger partial charge in [-0.25, -0.2) is 0 Å². The Morgan fingerprint density at radius 2 is 1.64 bits per heavy atom. The van der Waals surface area contributed by atoms with E-state index in [1.807, 2.05) is 4.90 Å². The monoisotopic (exact) mass is 394 g/mol. The van der Waals surface area contributed by atoms with E-state index in [-0.39, 0.29) is 18.0 Å². The van der Waals surface area contributed by atoms with Crippen molar-refractivity contribution < 1.29 is 18.0 Å². The van der Waals surface area contributed by atoms with Gasteiger partial charge in [0.25, 0.3) is 0 Å². The van der Waals surface area contributed by atoms with E-state index in [2.05, 4.69) is 4.90 Å². The third-order valence-electron chi connectivity index (χ3n) is 7.02. The largest absolute Gasteiger partial charge is 0.416 e. The molecule has 0 spiro atoms. The molecule has 1 amide bonds. The summed E-state index contributed by atoms with van der Waals surface area (Å²) in [5.41, 5.74) is 0.194. The fourth-order valence-electron chi connectivity index (χ4n) is 5.81. The summed E-state index contributed by atoms with van der Waals surface area (Å²) in [4.78, 5) is 17.3. The van der Waals surface area contributed by atoms with Gasteiger partial charge in [-0.3, -0.25) is 9.69 Å². The van der Waals surface area contributed by atoms with Gasteiger partial charge in [-0.05, 0) is 75.2 Å². The zero-order valence-corrected chi connectivity index (χ0v) is 16.4. The second kappa shape index (κ2) is 7.69. The number of likely N-dealkylation sites (tertiary alicyclic amines) is 2. The maximum atomic E-state index is 12.9. The molecule has 154 valence electrons. The Hall–Kier alpha value is -1.56. The molecule has 4 rings (SSSR count). The predicted octanol–water partition coefficient (Wildman–Crippen LogP) is 5.02. The quantitative estimate of drug-likeness (QED) is 0.703. The highest BCUT2D eigenvalue weighted by Gasteiger charge is 2.47.